The lowest BCUT2D eigenvalue weighted by Gasteiger charge is -2.12. The SMILES string of the molecule is COc1cc(NC(=O)C(C)/C(N)=N/O)ccc1Cl. The Kier molecular flexibility index (Phi) is 4.79. The average molecular weight is 272 g/mol. The van der Waals surface area contributed by atoms with E-state index in [-0.39, 0.29) is 5.84 Å². The number of rotatable bonds is 4. The smallest absolute Gasteiger partial charge is 0.234 e. The number of nitrogens with two attached hydrogens (primary N) is 1. The molecule has 1 rings (SSSR count). The number of nitrogens with one attached hydrogen (secondary N) is 1. The maximum Gasteiger partial charge on any atom is 0.234 e. The molecule has 0 aromatic heterocycles. The fourth-order valence-electron chi connectivity index (χ4n) is 1.21. The van der Waals surface area contributed by atoms with Gasteiger partial charge in [0.05, 0.1) is 18.1 Å². The minimum Gasteiger partial charge on any atom is -0.495 e. The Morgan fingerprint density at radius 1 is 1.61 bits per heavy atom. The average Bonchev–Trinajstić information content (AvgIpc) is 2.38. The Morgan fingerprint density at radius 2 is 2.28 bits per heavy atom. The number of benzene rings is 1. The van der Waals surface area contributed by atoms with E-state index in [1.54, 1.807) is 18.2 Å². The molecule has 1 aromatic carbocycles. The molecule has 0 aliphatic rings. The summed E-state index contributed by atoms with van der Waals surface area (Å²) in [6.45, 7) is 1.53. The number of ether oxygens (including phenoxy) is 1. The van der Waals surface area contributed by atoms with Crippen LogP contribution in [0.5, 0.6) is 5.75 Å². The van der Waals surface area contributed by atoms with Gasteiger partial charge in [-0.25, -0.2) is 0 Å². The highest BCUT2D eigenvalue weighted by Crippen LogP contribution is 2.27. The maximum absolute atomic E-state index is 11.7. The molecule has 1 atom stereocenters. The first-order chi connectivity index (χ1) is 8.49. The van der Waals surface area contributed by atoms with E-state index in [0.717, 1.165) is 0 Å². The van der Waals surface area contributed by atoms with E-state index < -0.39 is 11.8 Å². The van der Waals surface area contributed by atoms with E-state index in [9.17, 15) is 4.79 Å². The summed E-state index contributed by atoms with van der Waals surface area (Å²) in [5.74, 6) is -0.842. The fraction of sp³-hybridized carbons (Fsp3) is 0.273. The van der Waals surface area contributed by atoms with Crippen molar-refractivity contribution in [2.24, 2.45) is 16.8 Å². The van der Waals surface area contributed by atoms with Crippen molar-refractivity contribution in [3.63, 3.8) is 0 Å². The number of carbonyl (C=O) groups excluding carboxylic acids is 1. The van der Waals surface area contributed by atoms with Crippen molar-refractivity contribution < 1.29 is 14.7 Å². The molecule has 1 amide bonds. The highest BCUT2D eigenvalue weighted by Gasteiger charge is 2.18. The third-order valence-corrected chi connectivity index (χ3v) is 2.68. The van der Waals surface area contributed by atoms with Crippen molar-refractivity contribution in [2.45, 2.75) is 6.92 Å². The molecule has 98 valence electrons. The van der Waals surface area contributed by atoms with Crippen LogP contribution in [0.2, 0.25) is 5.02 Å². The number of nitrogens with zero attached hydrogens (tertiary/aromatic N) is 1. The minimum absolute atomic E-state index is 0.159. The second-order valence-corrected chi connectivity index (χ2v) is 3.99. The fourth-order valence-corrected chi connectivity index (χ4v) is 1.40. The largest absolute Gasteiger partial charge is 0.495 e. The van der Waals surface area contributed by atoms with Gasteiger partial charge in [0.1, 0.15) is 5.75 Å². The monoisotopic (exact) mass is 271 g/mol. The van der Waals surface area contributed by atoms with Crippen LogP contribution in [-0.2, 0) is 4.79 Å². The van der Waals surface area contributed by atoms with Gasteiger partial charge in [0.15, 0.2) is 5.84 Å². The first kappa shape index (κ1) is 14.1. The molecule has 1 aromatic rings. The second kappa shape index (κ2) is 6.11. The molecule has 0 radical (unpaired) electrons. The molecule has 0 heterocycles. The van der Waals surface area contributed by atoms with Gasteiger partial charge in [-0.3, -0.25) is 4.79 Å². The molecule has 0 saturated carbocycles. The Balaban J connectivity index is 2.82. The zero-order valence-corrected chi connectivity index (χ0v) is 10.7. The quantitative estimate of drug-likeness (QED) is 0.336. The van der Waals surface area contributed by atoms with Crippen LogP contribution in [0.4, 0.5) is 5.69 Å². The van der Waals surface area contributed by atoms with E-state index >= 15 is 0 Å². The van der Waals surface area contributed by atoms with Gasteiger partial charge in [-0.2, -0.15) is 0 Å². The van der Waals surface area contributed by atoms with Crippen molar-refractivity contribution in [3.8, 4) is 5.75 Å². The normalized spacial score (nSPS) is 12.9. The zero-order chi connectivity index (χ0) is 13.7. The Morgan fingerprint density at radius 3 is 2.83 bits per heavy atom. The molecule has 4 N–H and O–H groups in total. The van der Waals surface area contributed by atoms with Crippen LogP contribution < -0.4 is 15.8 Å². The third kappa shape index (κ3) is 3.27. The number of hydrogen-bond acceptors (Lipinski definition) is 4. The van der Waals surface area contributed by atoms with E-state index in [2.05, 4.69) is 10.5 Å². The van der Waals surface area contributed by atoms with Crippen molar-refractivity contribution in [1.82, 2.24) is 0 Å². The number of halogens is 1. The van der Waals surface area contributed by atoms with Gasteiger partial charge in [-0.05, 0) is 19.1 Å². The van der Waals surface area contributed by atoms with Crippen molar-refractivity contribution in [1.29, 1.82) is 0 Å². The standard InChI is InChI=1S/C11H14ClN3O3/c1-6(10(13)15-17)11(16)14-7-3-4-8(12)9(5-7)18-2/h3-6,17H,1-2H3,(H2,13,15)(H,14,16). The van der Waals surface area contributed by atoms with Gasteiger partial charge in [0, 0.05) is 11.8 Å². The van der Waals surface area contributed by atoms with Crippen LogP contribution in [0.25, 0.3) is 0 Å². The van der Waals surface area contributed by atoms with Gasteiger partial charge >= 0.3 is 0 Å². The summed E-state index contributed by atoms with van der Waals surface area (Å²) in [4.78, 5) is 11.7. The minimum atomic E-state index is -0.739. The number of anilines is 1. The topological polar surface area (TPSA) is 96.9 Å². The van der Waals surface area contributed by atoms with Crippen LogP contribution in [0.1, 0.15) is 6.92 Å². The molecular weight excluding hydrogens is 258 g/mol. The van der Waals surface area contributed by atoms with Gasteiger partial charge in [0.2, 0.25) is 5.91 Å². The van der Waals surface area contributed by atoms with Crippen molar-refractivity contribution >= 4 is 29.0 Å². The number of methoxy groups -OCH3 is 1. The van der Waals surface area contributed by atoms with Crippen LogP contribution in [-0.4, -0.2) is 24.1 Å². The number of amides is 1. The van der Waals surface area contributed by atoms with E-state index in [0.29, 0.717) is 16.5 Å². The highest BCUT2D eigenvalue weighted by atomic mass is 35.5. The third-order valence-electron chi connectivity index (χ3n) is 2.37. The molecule has 1 unspecified atom stereocenters. The van der Waals surface area contributed by atoms with E-state index in [4.69, 9.17) is 27.3 Å². The van der Waals surface area contributed by atoms with Crippen LogP contribution in [0.3, 0.4) is 0 Å². The number of hydrogen-bond donors (Lipinski definition) is 3. The lowest BCUT2D eigenvalue weighted by molar-refractivity contribution is -0.117. The van der Waals surface area contributed by atoms with Gasteiger partial charge in [0.25, 0.3) is 0 Å². The van der Waals surface area contributed by atoms with Gasteiger partial charge < -0.3 is 21.0 Å². The molecule has 0 spiro atoms. The predicted octanol–water partition coefficient (Wildman–Crippen LogP) is 1.67. The first-order valence-electron chi connectivity index (χ1n) is 5.11. The Labute approximate surface area is 109 Å². The summed E-state index contributed by atoms with van der Waals surface area (Å²) in [6, 6.07) is 4.81. The summed E-state index contributed by atoms with van der Waals surface area (Å²) in [7, 11) is 1.48. The van der Waals surface area contributed by atoms with E-state index in [1.165, 1.54) is 14.0 Å². The molecule has 0 fully saturated rings. The first-order valence-corrected chi connectivity index (χ1v) is 5.49. The molecule has 6 nitrogen and oxygen atoms in total. The zero-order valence-electron chi connectivity index (χ0n) is 9.98. The molecule has 18 heavy (non-hydrogen) atoms. The van der Waals surface area contributed by atoms with Crippen LogP contribution in [0, 0.1) is 5.92 Å². The van der Waals surface area contributed by atoms with Crippen LogP contribution in [0.15, 0.2) is 23.4 Å². The lowest BCUT2D eigenvalue weighted by Crippen LogP contribution is -2.32. The number of carbonyl (C=O) groups is 1. The number of oxime groups is 1. The second-order valence-electron chi connectivity index (χ2n) is 3.59. The van der Waals surface area contributed by atoms with Crippen LogP contribution >= 0.6 is 11.6 Å². The predicted molar refractivity (Wildman–Crippen MR) is 69.2 cm³/mol. The van der Waals surface area contributed by atoms with Crippen molar-refractivity contribution in [3.05, 3.63) is 23.2 Å². The molecule has 0 aliphatic heterocycles. The lowest BCUT2D eigenvalue weighted by atomic mass is 10.1. The van der Waals surface area contributed by atoms with Crippen molar-refractivity contribution in [2.75, 3.05) is 12.4 Å². The maximum atomic E-state index is 11.7. The number of amidine groups is 1. The summed E-state index contributed by atoms with van der Waals surface area (Å²) in [5, 5.41) is 14.3. The summed E-state index contributed by atoms with van der Waals surface area (Å²) >= 11 is 5.86. The molecule has 0 bridgehead atoms. The molecule has 0 saturated heterocycles. The van der Waals surface area contributed by atoms with Gasteiger partial charge in [-0.1, -0.05) is 16.8 Å². The molecule has 7 heteroatoms. The highest BCUT2D eigenvalue weighted by molar-refractivity contribution is 6.32. The Bertz CT molecular complexity index is 477. The summed E-state index contributed by atoms with van der Waals surface area (Å²) in [6.07, 6.45) is 0. The van der Waals surface area contributed by atoms with E-state index in [1.807, 2.05) is 0 Å². The summed E-state index contributed by atoms with van der Waals surface area (Å²) in [5.41, 5.74) is 5.86. The van der Waals surface area contributed by atoms with Gasteiger partial charge in [-0.15, -0.1) is 0 Å². The molecule has 0 aliphatic carbocycles. The Hall–Kier alpha value is -1.95. The molecular formula is C11H14ClN3O3. The summed E-state index contributed by atoms with van der Waals surface area (Å²) < 4.78 is 5.02.